The second-order valence-corrected chi connectivity index (χ2v) is 5.44. The minimum absolute atomic E-state index is 0.103. The van der Waals surface area contributed by atoms with Crippen LogP contribution in [0.25, 0.3) is 0 Å². The number of rotatable bonds is 5. The molecule has 0 aromatic carbocycles. The van der Waals surface area contributed by atoms with E-state index < -0.39 is 47.0 Å². The zero-order valence-electron chi connectivity index (χ0n) is 14.0. The molecule has 1 amide bonds. The Kier molecular flexibility index (Phi) is 5.95. The fourth-order valence-electron chi connectivity index (χ4n) is 2.32. The van der Waals surface area contributed by atoms with E-state index in [0.717, 1.165) is 7.11 Å². The average molecular weight is 410 g/mol. The van der Waals surface area contributed by atoms with Crippen LogP contribution in [0.15, 0.2) is 24.9 Å². The largest absolute Gasteiger partial charge is 0.467 e. The second-order valence-electron chi connectivity index (χ2n) is 5.44. The molecule has 0 radical (unpaired) electrons. The van der Waals surface area contributed by atoms with E-state index in [4.69, 9.17) is 0 Å². The Morgan fingerprint density at radius 3 is 2.07 bits per heavy atom. The summed E-state index contributed by atoms with van der Waals surface area (Å²) in [7, 11) is 0.948. The van der Waals surface area contributed by atoms with E-state index >= 15 is 0 Å². The Morgan fingerprint density at radius 1 is 1.07 bits per heavy atom. The predicted octanol–water partition coefficient (Wildman–Crippen LogP) is 2.36. The SMILES string of the molecule is COC(=O)[C@@H](Cc1cnc[nH]1)NC(=O)c1c(C(F)(F)F)cncc1C(F)(F)F. The summed E-state index contributed by atoms with van der Waals surface area (Å²) in [6.45, 7) is 0. The Labute approximate surface area is 153 Å². The summed E-state index contributed by atoms with van der Waals surface area (Å²) in [4.78, 5) is 33.4. The number of methoxy groups -OCH3 is 1. The van der Waals surface area contributed by atoms with Crippen molar-refractivity contribution in [2.75, 3.05) is 7.11 Å². The molecule has 28 heavy (non-hydrogen) atoms. The van der Waals surface area contributed by atoms with Crippen LogP contribution in [0.5, 0.6) is 0 Å². The van der Waals surface area contributed by atoms with Gasteiger partial charge in [0.25, 0.3) is 5.91 Å². The van der Waals surface area contributed by atoms with Crippen molar-refractivity contribution < 1.29 is 40.7 Å². The van der Waals surface area contributed by atoms with Gasteiger partial charge >= 0.3 is 18.3 Å². The van der Waals surface area contributed by atoms with Gasteiger partial charge in [0.15, 0.2) is 0 Å². The minimum atomic E-state index is -5.29. The topological polar surface area (TPSA) is 97.0 Å². The molecule has 13 heteroatoms. The standard InChI is InChI=1S/C15H12F6N4O3/c1-28-13(27)10(2-7-3-23-6-24-7)25-12(26)11-8(14(16,17)18)4-22-5-9(11)15(19,20)21/h3-6,10H,2H2,1H3,(H,23,24)(H,25,26)/t10-/m1/s1. The number of carbonyl (C=O) groups excluding carboxylic acids is 2. The van der Waals surface area contributed by atoms with Gasteiger partial charge in [-0.2, -0.15) is 26.3 Å². The van der Waals surface area contributed by atoms with Gasteiger partial charge in [-0.25, -0.2) is 9.78 Å². The maximum Gasteiger partial charge on any atom is 0.418 e. The maximum absolute atomic E-state index is 13.2. The smallest absolute Gasteiger partial charge is 0.418 e. The van der Waals surface area contributed by atoms with Crippen molar-refractivity contribution in [3.63, 3.8) is 0 Å². The molecule has 0 fully saturated rings. The number of aromatic nitrogens is 3. The number of hydrogen-bond acceptors (Lipinski definition) is 5. The van der Waals surface area contributed by atoms with E-state index in [1.54, 1.807) is 0 Å². The van der Waals surface area contributed by atoms with Crippen molar-refractivity contribution in [2.45, 2.75) is 24.8 Å². The van der Waals surface area contributed by atoms with Crippen LogP contribution in [0.1, 0.15) is 27.2 Å². The number of alkyl halides is 6. The quantitative estimate of drug-likeness (QED) is 0.583. The molecule has 0 saturated heterocycles. The molecule has 152 valence electrons. The molecule has 2 aromatic rings. The second kappa shape index (κ2) is 7.86. The molecule has 7 nitrogen and oxygen atoms in total. The first-order chi connectivity index (χ1) is 12.9. The number of nitrogens with one attached hydrogen (secondary N) is 2. The third-order valence-corrected chi connectivity index (χ3v) is 3.55. The molecule has 0 saturated carbocycles. The highest BCUT2D eigenvalue weighted by Crippen LogP contribution is 2.38. The van der Waals surface area contributed by atoms with E-state index in [0.29, 0.717) is 0 Å². The number of aromatic amines is 1. The molecule has 2 heterocycles. The molecule has 0 bridgehead atoms. The Hall–Kier alpha value is -3.12. The number of esters is 1. The highest BCUT2D eigenvalue weighted by molar-refractivity contribution is 5.99. The lowest BCUT2D eigenvalue weighted by Crippen LogP contribution is -2.44. The number of hydrogen-bond donors (Lipinski definition) is 2. The zero-order chi connectivity index (χ0) is 21.1. The van der Waals surface area contributed by atoms with Crippen molar-refractivity contribution >= 4 is 11.9 Å². The number of H-pyrrole nitrogens is 1. The summed E-state index contributed by atoms with van der Waals surface area (Å²) in [6.07, 6.45) is -8.17. The molecule has 0 aliphatic carbocycles. The average Bonchev–Trinajstić information content (AvgIpc) is 3.11. The minimum Gasteiger partial charge on any atom is -0.467 e. The molecule has 0 unspecified atom stereocenters. The van der Waals surface area contributed by atoms with Crippen molar-refractivity contribution in [3.8, 4) is 0 Å². The summed E-state index contributed by atoms with van der Waals surface area (Å²) in [5.41, 5.74) is -5.17. The molecular formula is C15H12F6N4O3. The van der Waals surface area contributed by atoms with Crippen molar-refractivity contribution in [3.05, 3.63) is 47.3 Å². The summed E-state index contributed by atoms with van der Waals surface area (Å²) in [5, 5.41) is 1.86. The number of halogens is 6. The van der Waals surface area contributed by atoms with E-state index in [9.17, 15) is 35.9 Å². The van der Waals surface area contributed by atoms with Gasteiger partial charge in [-0.1, -0.05) is 0 Å². The summed E-state index contributed by atoms with van der Waals surface area (Å²) in [6, 6.07) is -1.56. The molecule has 2 rings (SSSR count). The summed E-state index contributed by atoms with van der Waals surface area (Å²) in [5.74, 6) is -2.82. The fourth-order valence-corrected chi connectivity index (χ4v) is 2.32. The highest BCUT2D eigenvalue weighted by atomic mass is 19.4. The van der Waals surface area contributed by atoms with Gasteiger partial charge in [0.05, 0.1) is 30.1 Å². The first-order valence-electron chi connectivity index (χ1n) is 7.43. The van der Waals surface area contributed by atoms with Gasteiger partial charge in [0.2, 0.25) is 0 Å². The summed E-state index contributed by atoms with van der Waals surface area (Å²) < 4.78 is 83.4. The number of pyridine rings is 1. The van der Waals surface area contributed by atoms with Crippen LogP contribution in [0, 0.1) is 0 Å². The van der Waals surface area contributed by atoms with Crippen molar-refractivity contribution in [1.29, 1.82) is 0 Å². The van der Waals surface area contributed by atoms with E-state index in [1.807, 2.05) is 5.32 Å². The van der Waals surface area contributed by atoms with E-state index in [-0.39, 0.29) is 24.5 Å². The van der Waals surface area contributed by atoms with Gasteiger partial charge in [0, 0.05) is 30.7 Å². The molecule has 0 aliphatic rings. The van der Waals surface area contributed by atoms with Gasteiger partial charge in [-0.05, 0) is 0 Å². The molecule has 1 atom stereocenters. The van der Waals surface area contributed by atoms with E-state index in [2.05, 4.69) is 19.7 Å². The number of ether oxygens (including phenoxy) is 1. The van der Waals surface area contributed by atoms with Gasteiger partial charge < -0.3 is 15.0 Å². The molecule has 0 aliphatic heterocycles. The number of nitrogens with zero attached hydrogens (tertiary/aromatic N) is 2. The van der Waals surface area contributed by atoms with Gasteiger partial charge in [-0.15, -0.1) is 0 Å². The number of imidazole rings is 1. The first kappa shape index (κ1) is 21.2. The Bertz CT molecular complexity index is 816. The van der Waals surface area contributed by atoms with Crippen molar-refractivity contribution in [1.82, 2.24) is 20.3 Å². The van der Waals surface area contributed by atoms with Gasteiger partial charge in [-0.3, -0.25) is 9.78 Å². The van der Waals surface area contributed by atoms with Crippen LogP contribution in [0.2, 0.25) is 0 Å². The third kappa shape index (κ3) is 4.78. The molecule has 2 N–H and O–H groups in total. The van der Waals surface area contributed by atoms with Crippen LogP contribution in [-0.2, 0) is 28.3 Å². The maximum atomic E-state index is 13.2. The third-order valence-electron chi connectivity index (χ3n) is 3.55. The van der Waals surface area contributed by atoms with E-state index in [1.165, 1.54) is 12.5 Å². The molecular weight excluding hydrogens is 398 g/mol. The lowest BCUT2D eigenvalue weighted by atomic mass is 10.0. The summed E-state index contributed by atoms with van der Waals surface area (Å²) >= 11 is 0. The molecule has 2 aromatic heterocycles. The lowest BCUT2D eigenvalue weighted by molar-refractivity contribution is -0.144. The van der Waals surface area contributed by atoms with Crippen molar-refractivity contribution in [2.24, 2.45) is 0 Å². The normalized spacial score (nSPS) is 13.1. The predicted molar refractivity (Wildman–Crippen MR) is 79.8 cm³/mol. The van der Waals surface area contributed by atoms with Crippen LogP contribution in [-0.4, -0.2) is 40.0 Å². The van der Waals surface area contributed by atoms with Crippen LogP contribution < -0.4 is 5.32 Å². The first-order valence-corrected chi connectivity index (χ1v) is 7.43. The lowest BCUT2D eigenvalue weighted by Gasteiger charge is -2.20. The van der Waals surface area contributed by atoms with Crippen LogP contribution in [0.3, 0.4) is 0 Å². The Balaban J connectivity index is 2.47. The Morgan fingerprint density at radius 2 is 1.64 bits per heavy atom. The van der Waals surface area contributed by atoms with Gasteiger partial charge in [0.1, 0.15) is 6.04 Å². The monoisotopic (exact) mass is 410 g/mol. The fraction of sp³-hybridized carbons (Fsp3) is 0.333. The van der Waals surface area contributed by atoms with Crippen LogP contribution >= 0.6 is 0 Å². The molecule has 0 spiro atoms. The highest BCUT2D eigenvalue weighted by Gasteiger charge is 2.44. The van der Waals surface area contributed by atoms with Crippen LogP contribution in [0.4, 0.5) is 26.3 Å². The number of carbonyl (C=O) groups is 2. The number of amides is 1. The zero-order valence-corrected chi connectivity index (χ0v) is 14.0.